The highest BCUT2D eigenvalue weighted by molar-refractivity contribution is 7.89. The predicted octanol–water partition coefficient (Wildman–Crippen LogP) is 1.97. The first kappa shape index (κ1) is 20.5. The number of nitrogens with one attached hydrogen (secondary N) is 2. The summed E-state index contributed by atoms with van der Waals surface area (Å²) in [5.41, 5.74) is 0. The van der Waals surface area contributed by atoms with Crippen LogP contribution in [0.15, 0.2) is 47.4 Å². The predicted molar refractivity (Wildman–Crippen MR) is 108 cm³/mol. The van der Waals surface area contributed by atoms with Crippen molar-refractivity contribution in [2.75, 3.05) is 13.1 Å². The van der Waals surface area contributed by atoms with Crippen molar-refractivity contribution in [1.82, 2.24) is 14.9 Å². The van der Waals surface area contributed by atoms with Crippen molar-refractivity contribution in [2.24, 2.45) is 0 Å². The molecule has 2 heterocycles. The lowest BCUT2D eigenvalue weighted by Gasteiger charge is -2.32. The van der Waals surface area contributed by atoms with Gasteiger partial charge in [-0.1, -0.05) is 18.2 Å². The summed E-state index contributed by atoms with van der Waals surface area (Å²) >= 11 is 1.37. The van der Waals surface area contributed by atoms with E-state index in [0.29, 0.717) is 37.4 Å². The van der Waals surface area contributed by atoms with E-state index < -0.39 is 10.0 Å². The maximum Gasteiger partial charge on any atom is 0.263 e. The Bertz CT molecular complexity index is 933. The number of carbonyl (C=O) groups is 2. The average molecular weight is 422 g/mol. The smallest absolute Gasteiger partial charge is 0.263 e. The van der Waals surface area contributed by atoms with Crippen LogP contribution < -0.4 is 10.0 Å². The fourth-order valence-corrected chi connectivity index (χ4v) is 5.28. The van der Waals surface area contributed by atoms with Gasteiger partial charge >= 0.3 is 0 Å². The maximum absolute atomic E-state index is 12.7. The number of sulfonamides is 1. The summed E-state index contributed by atoms with van der Waals surface area (Å²) in [7, 11) is -3.55. The molecule has 1 saturated heterocycles. The van der Waals surface area contributed by atoms with Crippen molar-refractivity contribution in [3.63, 3.8) is 0 Å². The van der Waals surface area contributed by atoms with Gasteiger partial charge in [0.1, 0.15) is 0 Å². The summed E-state index contributed by atoms with van der Waals surface area (Å²) in [6, 6.07) is 11.7. The third-order valence-corrected chi connectivity index (χ3v) is 7.15. The third kappa shape index (κ3) is 5.18. The van der Waals surface area contributed by atoms with Crippen molar-refractivity contribution in [3.05, 3.63) is 52.2 Å². The molecule has 9 heteroatoms. The topological polar surface area (TPSA) is 95.6 Å². The van der Waals surface area contributed by atoms with E-state index in [1.807, 2.05) is 6.07 Å². The van der Waals surface area contributed by atoms with Crippen LogP contribution in [0.2, 0.25) is 0 Å². The number of benzene rings is 1. The monoisotopic (exact) mass is 421 g/mol. The molecular formula is C19H23N3O4S2. The first-order chi connectivity index (χ1) is 13.3. The molecule has 150 valence electrons. The standard InChI is InChI=1S/C19H23N3O4S2/c1-14(23)20-13-16-7-8-18(27-16)19(24)22-11-9-15(10-12-22)21-28(25,26)17-5-3-2-4-6-17/h2-8,15,21H,9-13H2,1H3,(H,20,23). The molecule has 1 aliphatic heterocycles. The molecule has 1 aromatic carbocycles. The van der Waals surface area contributed by atoms with Crippen LogP contribution in [0.5, 0.6) is 0 Å². The van der Waals surface area contributed by atoms with Crippen molar-refractivity contribution in [3.8, 4) is 0 Å². The van der Waals surface area contributed by atoms with Crippen LogP contribution in [0.3, 0.4) is 0 Å². The SMILES string of the molecule is CC(=O)NCc1ccc(C(=O)N2CCC(NS(=O)(=O)c3ccccc3)CC2)s1. The summed E-state index contributed by atoms with van der Waals surface area (Å²) in [6.45, 7) is 2.87. The Balaban J connectivity index is 1.54. The molecular weight excluding hydrogens is 398 g/mol. The molecule has 2 amide bonds. The number of carbonyl (C=O) groups excluding carboxylic acids is 2. The summed E-state index contributed by atoms with van der Waals surface area (Å²) < 4.78 is 27.6. The number of hydrogen-bond acceptors (Lipinski definition) is 5. The van der Waals surface area contributed by atoms with Crippen LogP contribution >= 0.6 is 11.3 Å². The zero-order valence-corrected chi connectivity index (χ0v) is 17.2. The molecule has 0 bridgehead atoms. The van der Waals surface area contributed by atoms with E-state index in [4.69, 9.17) is 0 Å². The molecule has 1 fully saturated rings. The molecule has 0 saturated carbocycles. The highest BCUT2D eigenvalue weighted by Crippen LogP contribution is 2.21. The van der Waals surface area contributed by atoms with Gasteiger partial charge in [0, 0.05) is 30.9 Å². The Kier molecular flexibility index (Phi) is 6.48. The Hall–Kier alpha value is -2.23. The van der Waals surface area contributed by atoms with Crippen LogP contribution in [-0.4, -0.2) is 44.3 Å². The van der Waals surface area contributed by atoms with Crippen LogP contribution in [0.4, 0.5) is 0 Å². The van der Waals surface area contributed by atoms with Crippen molar-refractivity contribution >= 4 is 33.2 Å². The Morgan fingerprint density at radius 3 is 2.43 bits per heavy atom. The molecule has 28 heavy (non-hydrogen) atoms. The fraction of sp³-hybridized carbons (Fsp3) is 0.368. The Labute approximate surface area is 168 Å². The number of piperidine rings is 1. The highest BCUT2D eigenvalue weighted by atomic mass is 32.2. The van der Waals surface area contributed by atoms with Gasteiger partial charge in [-0.2, -0.15) is 0 Å². The van der Waals surface area contributed by atoms with E-state index in [2.05, 4.69) is 10.0 Å². The summed E-state index contributed by atoms with van der Waals surface area (Å²) in [5.74, 6) is -0.162. The van der Waals surface area contributed by atoms with Gasteiger partial charge in [0.15, 0.2) is 0 Å². The van der Waals surface area contributed by atoms with Gasteiger partial charge in [0.2, 0.25) is 15.9 Å². The van der Waals surface area contributed by atoms with Gasteiger partial charge in [-0.25, -0.2) is 13.1 Å². The molecule has 0 radical (unpaired) electrons. The van der Waals surface area contributed by atoms with Gasteiger partial charge in [-0.15, -0.1) is 11.3 Å². The molecule has 0 atom stereocenters. The van der Waals surface area contributed by atoms with E-state index in [-0.39, 0.29) is 22.8 Å². The van der Waals surface area contributed by atoms with Gasteiger partial charge in [-0.05, 0) is 37.1 Å². The van der Waals surface area contributed by atoms with E-state index in [1.165, 1.54) is 18.3 Å². The second-order valence-corrected chi connectivity index (χ2v) is 9.56. The van der Waals surface area contributed by atoms with Crippen LogP contribution in [0, 0.1) is 0 Å². The van der Waals surface area contributed by atoms with E-state index in [1.54, 1.807) is 41.3 Å². The van der Waals surface area contributed by atoms with Crippen molar-refractivity contribution in [2.45, 2.75) is 37.2 Å². The van der Waals surface area contributed by atoms with Gasteiger partial charge in [0.05, 0.1) is 16.3 Å². The lowest BCUT2D eigenvalue weighted by Crippen LogP contribution is -2.46. The molecule has 0 aliphatic carbocycles. The number of rotatable bonds is 6. The Morgan fingerprint density at radius 2 is 1.79 bits per heavy atom. The molecule has 0 spiro atoms. The summed E-state index contributed by atoms with van der Waals surface area (Å²) in [6.07, 6.45) is 1.14. The number of amides is 2. The molecule has 0 unspecified atom stereocenters. The first-order valence-electron chi connectivity index (χ1n) is 9.05. The van der Waals surface area contributed by atoms with Gasteiger partial charge in [0.25, 0.3) is 5.91 Å². The quantitative estimate of drug-likeness (QED) is 0.745. The number of thiophene rings is 1. The van der Waals surface area contributed by atoms with Gasteiger partial charge < -0.3 is 10.2 Å². The molecule has 3 rings (SSSR count). The Morgan fingerprint density at radius 1 is 1.11 bits per heavy atom. The van der Waals surface area contributed by atoms with Gasteiger partial charge in [-0.3, -0.25) is 9.59 Å². The number of likely N-dealkylation sites (tertiary alicyclic amines) is 1. The van der Waals surface area contributed by atoms with Crippen LogP contribution in [0.25, 0.3) is 0 Å². The molecule has 2 aromatic rings. The lowest BCUT2D eigenvalue weighted by atomic mass is 10.1. The summed E-state index contributed by atoms with van der Waals surface area (Å²) in [4.78, 5) is 27.2. The molecule has 2 N–H and O–H groups in total. The molecule has 7 nitrogen and oxygen atoms in total. The zero-order chi connectivity index (χ0) is 20.1. The van der Waals surface area contributed by atoms with Crippen molar-refractivity contribution in [1.29, 1.82) is 0 Å². The van der Waals surface area contributed by atoms with Crippen LogP contribution in [0.1, 0.15) is 34.3 Å². The normalized spacial score (nSPS) is 15.4. The largest absolute Gasteiger partial charge is 0.351 e. The first-order valence-corrected chi connectivity index (χ1v) is 11.3. The number of hydrogen-bond donors (Lipinski definition) is 2. The molecule has 1 aromatic heterocycles. The second kappa shape index (κ2) is 8.85. The third-order valence-electron chi connectivity index (χ3n) is 4.54. The zero-order valence-electron chi connectivity index (χ0n) is 15.6. The second-order valence-electron chi connectivity index (χ2n) is 6.68. The maximum atomic E-state index is 12.7. The van der Waals surface area contributed by atoms with Crippen molar-refractivity contribution < 1.29 is 18.0 Å². The number of nitrogens with zero attached hydrogens (tertiary/aromatic N) is 1. The fourth-order valence-electron chi connectivity index (χ4n) is 3.04. The van der Waals surface area contributed by atoms with E-state index in [0.717, 1.165) is 4.88 Å². The van der Waals surface area contributed by atoms with Crippen LogP contribution in [-0.2, 0) is 21.4 Å². The lowest BCUT2D eigenvalue weighted by molar-refractivity contribution is -0.119. The minimum Gasteiger partial charge on any atom is -0.351 e. The average Bonchev–Trinajstić information content (AvgIpc) is 3.16. The van der Waals surface area contributed by atoms with E-state index in [9.17, 15) is 18.0 Å². The molecule has 1 aliphatic rings. The summed E-state index contributed by atoms with van der Waals surface area (Å²) in [5, 5.41) is 2.72. The van der Waals surface area contributed by atoms with E-state index >= 15 is 0 Å². The highest BCUT2D eigenvalue weighted by Gasteiger charge is 2.27. The minimum atomic E-state index is -3.55. The minimum absolute atomic E-state index is 0.0524.